The second kappa shape index (κ2) is 10.5. The number of carbonyl (C=O) groups excluding carboxylic acids is 1. The smallest absolute Gasteiger partial charge is 0.342 e. The first kappa shape index (κ1) is 22.8. The molecule has 3 aromatic carbocycles. The third-order valence-corrected chi connectivity index (χ3v) is 5.21. The van der Waals surface area contributed by atoms with Gasteiger partial charge in [-0.05, 0) is 24.6 Å². The highest BCUT2D eigenvalue weighted by atomic mass is 16.5. The molecule has 0 amide bonds. The monoisotopic (exact) mass is 455 g/mol. The molecule has 7 nitrogen and oxygen atoms in total. The van der Waals surface area contributed by atoms with E-state index in [1.54, 1.807) is 33.3 Å². The Labute approximate surface area is 198 Å². The van der Waals surface area contributed by atoms with Crippen LogP contribution in [0.1, 0.15) is 17.3 Å². The average molecular weight is 456 g/mol. The highest BCUT2D eigenvalue weighted by molar-refractivity contribution is 6.05. The molecule has 0 aliphatic carbocycles. The molecule has 1 heterocycles. The first-order chi connectivity index (χ1) is 16.7. The van der Waals surface area contributed by atoms with E-state index in [1.165, 1.54) is 0 Å². The van der Waals surface area contributed by atoms with Gasteiger partial charge in [-0.2, -0.15) is 0 Å². The first-order valence-corrected chi connectivity index (χ1v) is 10.8. The SMILES string of the molecule is CCOC(=O)c1c(Nc2ccc(OC)c(OC)c2)nnc(-c2ccccc2)c1-c1ccccc1. The van der Waals surface area contributed by atoms with Gasteiger partial charge in [-0.3, -0.25) is 0 Å². The predicted octanol–water partition coefficient (Wildman–Crippen LogP) is 5.75. The van der Waals surface area contributed by atoms with Crippen molar-refractivity contribution in [2.24, 2.45) is 0 Å². The normalized spacial score (nSPS) is 10.4. The Bertz CT molecular complexity index is 1280. The number of aromatic nitrogens is 2. The molecule has 0 saturated carbocycles. The van der Waals surface area contributed by atoms with Crippen LogP contribution in [0, 0.1) is 0 Å². The van der Waals surface area contributed by atoms with Crippen LogP contribution in [0.2, 0.25) is 0 Å². The number of methoxy groups -OCH3 is 2. The van der Waals surface area contributed by atoms with Gasteiger partial charge in [0.15, 0.2) is 17.3 Å². The van der Waals surface area contributed by atoms with E-state index in [-0.39, 0.29) is 12.4 Å². The quantitative estimate of drug-likeness (QED) is 0.339. The number of nitrogens with one attached hydrogen (secondary N) is 1. The lowest BCUT2D eigenvalue weighted by atomic mass is 9.95. The fourth-order valence-corrected chi connectivity index (χ4v) is 3.66. The van der Waals surface area contributed by atoms with Gasteiger partial charge in [-0.15, -0.1) is 10.2 Å². The minimum atomic E-state index is -0.489. The van der Waals surface area contributed by atoms with Crippen molar-refractivity contribution in [3.63, 3.8) is 0 Å². The summed E-state index contributed by atoms with van der Waals surface area (Å²) in [6.07, 6.45) is 0. The number of hydrogen-bond acceptors (Lipinski definition) is 7. The van der Waals surface area contributed by atoms with Crippen LogP contribution in [-0.4, -0.2) is 37.0 Å². The zero-order valence-electron chi connectivity index (χ0n) is 19.2. The Kier molecular flexibility index (Phi) is 7.03. The molecule has 0 bridgehead atoms. The molecule has 0 unspecified atom stereocenters. The van der Waals surface area contributed by atoms with Crippen molar-refractivity contribution in [1.82, 2.24) is 10.2 Å². The van der Waals surface area contributed by atoms with Gasteiger partial charge in [-0.1, -0.05) is 60.7 Å². The standard InChI is InChI=1S/C27H25N3O4/c1-4-34-27(31)24-23(18-11-7-5-8-12-18)25(19-13-9-6-10-14-19)29-30-26(24)28-20-15-16-21(32-2)22(17-20)33-3/h5-17H,4H2,1-3H3,(H,28,30). The lowest BCUT2D eigenvalue weighted by Gasteiger charge is -2.18. The van der Waals surface area contributed by atoms with Gasteiger partial charge in [0.05, 0.1) is 20.8 Å². The van der Waals surface area contributed by atoms with E-state index in [9.17, 15) is 4.79 Å². The molecule has 0 radical (unpaired) electrons. The predicted molar refractivity (Wildman–Crippen MR) is 132 cm³/mol. The van der Waals surface area contributed by atoms with Crippen molar-refractivity contribution in [3.8, 4) is 33.9 Å². The number of hydrogen-bond donors (Lipinski definition) is 1. The van der Waals surface area contributed by atoms with Crippen molar-refractivity contribution in [2.75, 3.05) is 26.1 Å². The number of ether oxygens (including phenoxy) is 3. The number of rotatable bonds is 8. The van der Waals surface area contributed by atoms with E-state index in [0.29, 0.717) is 34.0 Å². The number of carbonyl (C=O) groups is 1. The van der Waals surface area contributed by atoms with E-state index in [2.05, 4.69) is 15.5 Å². The molecular formula is C27H25N3O4. The fraction of sp³-hybridized carbons (Fsp3) is 0.148. The molecular weight excluding hydrogens is 430 g/mol. The summed E-state index contributed by atoms with van der Waals surface area (Å²) >= 11 is 0. The largest absolute Gasteiger partial charge is 0.493 e. The summed E-state index contributed by atoms with van der Waals surface area (Å²) < 4.78 is 16.2. The number of nitrogens with zero attached hydrogens (tertiary/aromatic N) is 2. The first-order valence-electron chi connectivity index (χ1n) is 10.8. The highest BCUT2D eigenvalue weighted by Gasteiger charge is 2.26. The van der Waals surface area contributed by atoms with Crippen LogP contribution in [-0.2, 0) is 4.74 Å². The summed E-state index contributed by atoms with van der Waals surface area (Å²) in [6, 6.07) is 24.6. The van der Waals surface area contributed by atoms with E-state index in [1.807, 2.05) is 66.7 Å². The molecule has 0 spiro atoms. The van der Waals surface area contributed by atoms with Crippen LogP contribution in [0.25, 0.3) is 22.4 Å². The van der Waals surface area contributed by atoms with Crippen molar-refractivity contribution in [2.45, 2.75) is 6.92 Å². The summed E-state index contributed by atoms with van der Waals surface area (Å²) in [7, 11) is 3.14. The molecule has 0 aliphatic rings. The average Bonchev–Trinajstić information content (AvgIpc) is 2.89. The van der Waals surface area contributed by atoms with Gasteiger partial charge in [0.2, 0.25) is 0 Å². The van der Waals surface area contributed by atoms with Gasteiger partial charge in [0, 0.05) is 22.9 Å². The lowest BCUT2D eigenvalue weighted by molar-refractivity contribution is 0.0528. The van der Waals surface area contributed by atoms with Crippen LogP contribution in [0.3, 0.4) is 0 Å². The van der Waals surface area contributed by atoms with E-state index in [0.717, 1.165) is 11.1 Å². The molecule has 34 heavy (non-hydrogen) atoms. The lowest BCUT2D eigenvalue weighted by Crippen LogP contribution is -2.13. The summed E-state index contributed by atoms with van der Waals surface area (Å²) in [5.74, 6) is 0.928. The zero-order chi connectivity index (χ0) is 23.9. The molecule has 7 heteroatoms. The van der Waals surface area contributed by atoms with E-state index in [4.69, 9.17) is 14.2 Å². The second-order valence-electron chi connectivity index (χ2n) is 7.29. The zero-order valence-corrected chi connectivity index (χ0v) is 19.2. The summed E-state index contributed by atoms with van der Waals surface area (Å²) in [6.45, 7) is 2.00. The molecule has 4 rings (SSSR count). The van der Waals surface area contributed by atoms with Crippen LogP contribution in [0.4, 0.5) is 11.5 Å². The minimum absolute atomic E-state index is 0.228. The van der Waals surface area contributed by atoms with Gasteiger partial charge in [0.25, 0.3) is 0 Å². The second-order valence-corrected chi connectivity index (χ2v) is 7.29. The summed E-state index contributed by atoms with van der Waals surface area (Å²) in [4.78, 5) is 13.3. The number of anilines is 2. The number of benzene rings is 3. The molecule has 4 aromatic rings. The Morgan fingerprint density at radius 2 is 1.47 bits per heavy atom. The Morgan fingerprint density at radius 3 is 2.09 bits per heavy atom. The maximum Gasteiger partial charge on any atom is 0.342 e. The molecule has 1 aromatic heterocycles. The van der Waals surface area contributed by atoms with Gasteiger partial charge in [-0.25, -0.2) is 4.79 Å². The number of esters is 1. The molecule has 0 saturated heterocycles. The van der Waals surface area contributed by atoms with Crippen LogP contribution >= 0.6 is 0 Å². The molecule has 0 aliphatic heterocycles. The van der Waals surface area contributed by atoms with E-state index >= 15 is 0 Å². The summed E-state index contributed by atoms with van der Waals surface area (Å²) in [5.41, 5.74) is 3.86. The van der Waals surface area contributed by atoms with E-state index < -0.39 is 5.97 Å². The summed E-state index contributed by atoms with van der Waals surface area (Å²) in [5, 5.41) is 12.1. The van der Waals surface area contributed by atoms with Gasteiger partial charge in [0.1, 0.15) is 11.3 Å². The Morgan fingerprint density at radius 1 is 0.824 bits per heavy atom. The van der Waals surface area contributed by atoms with Gasteiger partial charge < -0.3 is 19.5 Å². The maximum absolute atomic E-state index is 13.3. The third-order valence-electron chi connectivity index (χ3n) is 5.21. The third kappa shape index (κ3) is 4.68. The van der Waals surface area contributed by atoms with Crippen molar-refractivity contribution >= 4 is 17.5 Å². The molecule has 1 N–H and O–H groups in total. The Hall–Kier alpha value is -4.39. The van der Waals surface area contributed by atoms with Crippen molar-refractivity contribution in [1.29, 1.82) is 0 Å². The fourth-order valence-electron chi connectivity index (χ4n) is 3.66. The van der Waals surface area contributed by atoms with Crippen molar-refractivity contribution in [3.05, 3.63) is 84.4 Å². The minimum Gasteiger partial charge on any atom is -0.493 e. The Balaban J connectivity index is 1.93. The van der Waals surface area contributed by atoms with Gasteiger partial charge >= 0.3 is 5.97 Å². The van der Waals surface area contributed by atoms with Crippen LogP contribution < -0.4 is 14.8 Å². The molecule has 0 fully saturated rings. The highest BCUT2D eigenvalue weighted by Crippen LogP contribution is 2.38. The van der Waals surface area contributed by atoms with Crippen LogP contribution in [0.5, 0.6) is 11.5 Å². The van der Waals surface area contributed by atoms with Crippen molar-refractivity contribution < 1.29 is 19.0 Å². The molecule has 0 atom stereocenters. The maximum atomic E-state index is 13.3. The van der Waals surface area contributed by atoms with Crippen LogP contribution in [0.15, 0.2) is 78.9 Å². The topological polar surface area (TPSA) is 82.6 Å². The molecule has 172 valence electrons.